The van der Waals surface area contributed by atoms with Gasteiger partial charge in [-0.25, -0.2) is 4.39 Å². The molecule has 2 fully saturated rings. The quantitative estimate of drug-likeness (QED) is 0.847. The smallest absolute Gasteiger partial charge is 0.254 e. The zero-order chi connectivity index (χ0) is 16.9. The van der Waals surface area contributed by atoms with Crippen LogP contribution in [0.2, 0.25) is 0 Å². The SMILES string of the molecule is CCCN1CCC(N2CCN(C(=O)c3cccc(F)c3)CC2)CC1. The summed E-state index contributed by atoms with van der Waals surface area (Å²) in [5, 5.41) is 0. The number of hydrogen-bond donors (Lipinski definition) is 0. The van der Waals surface area contributed by atoms with Crippen molar-refractivity contribution in [3.63, 3.8) is 0 Å². The number of carbonyl (C=O) groups is 1. The van der Waals surface area contributed by atoms with E-state index in [9.17, 15) is 9.18 Å². The van der Waals surface area contributed by atoms with E-state index < -0.39 is 0 Å². The predicted octanol–water partition coefficient (Wildman–Crippen LogP) is 2.46. The van der Waals surface area contributed by atoms with E-state index in [0.717, 1.165) is 26.2 Å². The van der Waals surface area contributed by atoms with Crippen molar-refractivity contribution in [2.45, 2.75) is 32.2 Å². The van der Waals surface area contributed by atoms with Crippen molar-refractivity contribution in [2.75, 3.05) is 45.8 Å². The third-order valence-corrected chi connectivity index (χ3v) is 5.29. The fourth-order valence-electron chi connectivity index (χ4n) is 3.92. The summed E-state index contributed by atoms with van der Waals surface area (Å²) in [6, 6.07) is 6.66. The second kappa shape index (κ2) is 8.08. The molecule has 2 heterocycles. The fourth-order valence-corrected chi connectivity index (χ4v) is 3.92. The maximum atomic E-state index is 13.3. The molecule has 4 nitrogen and oxygen atoms in total. The van der Waals surface area contributed by atoms with Crippen LogP contribution in [0.4, 0.5) is 4.39 Å². The van der Waals surface area contributed by atoms with Gasteiger partial charge in [0.15, 0.2) is 0 Å². The molecule has 132 valence electrons. The van der Waals surface area contributed by atoms with Crippen molar-refractivity contribution in [1.29, 1.82) is 0 Å². The largest absolute Gasteiger partial charge is 0.336 e. The topological polar surface area (TPSA) is 26.8 Å². The summed E-state index contributed by atoms with van der Waals surface area (Å²) in [5.74, 6) is -0.398. The second-order valence-electron chi connectivity index (χ2n) is 6.91. The molecule has 5 heteroatoms. The van der Waals surface area contributed by atoms with Gasteiger partial charge in [0.2, 0.25) is 0 Å². The molecule has 1 amide bonds. The van der Waals surface area contributed by atoms with Crippen LogP contribution in [0.1, 0.15) is 36.5 Å². The lowest BCUT2D eigenvalue weighted by atomic mass is 10.0. The number of nitrogens with zero attached hydrogens (tertiary/aromatic N) is 3. The van der Waals surface area contributed by atoms with Gasteiger partial charge in [-0.2, -0.15) is 0 Å². The number of piperidine rings is 1. The Morgan fingerprint density at radius 2 is 1.83 bits per heavy atom. The van der Waals surface area contributed by atoms with Crippen LogP contribution >= 0.6 is 0 Å². The highest BCUT2D eigenvalue weighted by Crippen LogP contribution is 2.19. The number of likely N-dealkylation sites (tertiary alicyclic amines) is 1. The first-order chi connectivity index (χ1) is 11.7. The van der Waals surface area contributed by atoms with Gasteiger partial charge in [0, 0.05) is 37.8 Å². The summed E-state index contributed by atoms with van der Waals surface area (Å²) >= 11 is 0. The van der Waals surface area contributed by atoms with Gasteiger partial charge in [0.1, 0.15) is 5.82 Å². The molecule has 1 aromatic rings. The molecule has 0 unspecified atom stereocenters. The van der Waals surface area contributed by atoms with E-state index in [2.05, 4.69) is 16.7 Å². The van der Waals surface area contributed by atoms with Crippen LogP contribution < -0.4 is 0 Å². The van der Waals surface area contributed by atoms with Gasteiger partial charge in [-0.15, -0.1) is 0 Å². The van der Waals surface area contributed by atoms with Crippen LogP contribution in [0.15, 0.2) is 24.3 Å². The van der Waals surface area contributed by atoms with Gasteiger partial charge >= 0.3 is 0 Å². The first-order valence-corrected chi connectivity index (χ1v) is 9.18. The molecular weight excluding hydrogens is 305 g/mol. The van der Waals surface area contributed by atoms with Crippen LogP contribution in [-0.2, 0) is 0 Å². The molecule has 0 aromatic heterocycles. The van der Waals surface area contributed by atoms with Crippen LogP contribution in [0, 0.1) is 5.82 Å². The standard InChI is InChI=1S/C19H28FN3O/c1-2-8-21-9-6-18(7-10-21)22-11-13-23(14-12-22)19(24)16-4-3-5-17(20)15-16/h3-5,15,18H,2,6-14H2,1H3. The summed E-state index contributed by atoms with van der Waals surface area (Å²) in [4.78, 5) is 19.4. The van der Waals surface area contributed by atoms with Crippen molar-refractivity contribution in [2.24, 2.45) is 0 Å². The molecule has 0 bridgehead atoms. The third-order valence-electron chi connectivity index (χ3n) is 5.29. The molecule has 0 saturated carbocycles. The average Bonchev–Trinajstić information content (AvgIpc) is 2.62. The monoisotopic (exact) mass is 333 g/mol. The summed E-state index contributed by atoms with van der Waals surface area (Å²) in [6.45, 7) is 9.18. The summed E-state index contributed by atoms with van der Waals surface area (Å²) in [5.41, 5.74) is 0.455. The van der Waals surface area contributed by atoms with Gasteiger partial charge in [0.05, 0.1) is 0 Å². The minimum absolute atomic E-state index is 0.0492. The molecule has 2 aliphatic rings. The van der Waals surface area contributed by atoms with Crippen LogP contribution in [0.3, 0.4) is 0 Å². The Bertz CT molecular complexity index is 549. The van der Waals surface area contributed by atoms with Gasteiger partial charge < -0.3 is 9.80 Å². The van der Waals surface area contributed by atoms with E-state index in [-0.39, 0.29) is 11.7 Å². The fraction of sp³-hybridized carbons (Fsp3) is 0.632. The van der Waals surface area contributed by atoms with Crippen molar-refractivity contribution < 1.29 is 9.18 Å². The molecule has 0 radical (unpaired) electrons. The predicted molar refractivity (Wildman–Crippen MR) is 93.6 cm³/mol. The Morgan fingerprint density at radius 1 is 1.12 bits per heavy atom. The molecule has 1 aromatic carbocycles. The average molecular weight is 333 g/mol. The number of piperazine rings is 1. The molecular formula is C19H28FN3O. The van der Waals surface area contributed by atoms with Crippen molar-refractivity contribution in [3.8, 4) is 0 Å². The number of amides is 1. The molecule has 24 heavy (non-hydrogen) atoms. The summed E-state index contributed by atoms with van der Waals surface area (Å²) in [6.07, 6.45) is 3.70. The molecule has 0 aliphatic carbocycles. The lowest BCUT2D eigenvalue weighted by Crippen LogP contribution is -2.54. The Morgan fingerprint density at radius 3 is 2.46 bits per heavy atom. The van der Waals surface area contributed by atoms with Crippen molar-refractivity contribution >= 4 is 5.91 Å². The minimum atomic E-state index is -0.349. The van der Waals surface area contributed by atoms with E-state index >= 15 is 0 Å². The molecule has 2 saturated heterocycles. The molecule has 0 N–H and O–H groups in total. The van der Waals surface area contributed by atoms with Crippen molar-refractivity contribution in [3.05, 3.63) is 35.6 Å². The van der Waals surface area contributed by atoms with Gasteiger partial charge in [0.25, 0.3) is 5.91 Å². The molecule has 0 spiro atoms. The Balaban J connectivity index is 1.48. The first-order valence-electron chi connectivity index (χ1n) is 9.18. The Hall–Kier alpha value is -1.46. The molecule has 2 aliphatic heterocycles. The maximum Gasteiger partial charge on any atom is 0.254 e. The maximum absolute atomic E-state index is 13.3. The van der Waals surface area contributed by atoms with Crippen LogP contribution in [0.25, 0.3) is 0 Å². The first kappa shape index (κ1) is 17.4. The number of hydrogen-bond acceptors (Lipinski definition) is 3. The molecule has 0 atom stereocenters. The van der Waals surface area contributed by atoms with E-state index in [1.165, 1.54) is 51.0 Å². The minimum Gasteiger partial charge on any atom is -0.336 e. The number of rotatable bonds is 4. The Labute approximate surface area is 144 Å². The zero-order valence-corrected chi connectivity index (χ0v) is 14.6. The van der Waals surface area contributed by atoms with E-state index in [0.29, 0.717) is 11.6 Å². The van der Waals surface area contributed by atoms with Crippen molar-refractivity contribution in [1.82, 2.24) is 14.7 Å². The van der Waals surface area contributed by atoms with Gasteiger partial charge in [-0.1, -0.05) is 13.0 Å². The Kier molecular flexibility index (Phi) is 5.85. The number of halogens is 1. The van der Waals surface area contributed by atoms with Crippen LogP contribution in [-0.4, -0.2) is 72.5 Å². The normalized spacial score (nSPS) is 21.2. The van der Waals surface area contributed by atoms with Gasteiger partial charge in [-0.3, -0.25) is 9.69 Å². The molecule has 3 rings (SSSR count). The zero-order valence-electron chi connectivity index (χ0n) is 14.6. The summed E-state index contributed by atoms with van der Waals surface area (Å²) in [7, 11) is 0. The lowest BCUT2D eigenvalue weighted by molar-refractivity contribution is 0.0453. The van der Waals surface area contributed by atoms with E-state index in [1.807, 2.05) is 4.90 Å². The van der Waals surface area contributed by atoms with E-state index in [4.69, 9.17) is 0 Å². The van der Waals surface area contributed by atoms with E-state index in [1.54, 1.807) is 12.1 Å². The van der Waals surface area contributed by atoms with Gasteiger partial charge in [-0.05, 0) is 57.1 Å². The lowest BCUT2D eigenvalue weighted by Gasteiger charge is -2.42. The van der Waals surface area contributed by atoms with Crippen LogP contribution in [0.5, 0.6) is 0 Å². The second-order valence-corrected chi connectivity index (χ2v) is 6.91. The third kappa shape index (κ3) is 4.14. The highest BCUT2D eigenvalue weighted by Gasteiger charge is 2.29. The summed E-state index contributed by atoms with van der Waals surface area (Å²) < 4.78 is 13.3. The number of benzene rings is 1. The highest BCUT2D eigenvalue weighted by molar-refractivity contribution is 5.94. The number of carbonyl (C=O) groups excluding carboxylic acids is 1. The highest BCUT2D eigenvalue weighted by atomic mass is 19.1.